The van der Waals surface area contributed by atoms with Gasteiger partial charge in [0.25, 0.3) is 0 Å². The molecule has 1 N–H and O–H groups in total. The minimum Gasteiger partial charge on any atom is -0.478 e. The van der Waals surface area contributed by atoms with Crippen LogP contribution in [0.2, 0.25) is 0 Å². The molecule has 0 heterocycles. The van der Waals surface area contributed by atoms with Crippen LogP contribution in [0.3, 0.4) is 0 Å². The molecule has 1 aromatic rings. The number of benzene rings is 1. The minimum absolute atomic E-state index is 0.147. The summed E-state index contributed by atoms with van der Waals surface area (Å²) in [6, 6.07) is 6.59. The summed E-state index contributed by atoms with van der Waals surface area (Å²) in [5.74, 6) is -0.792. The second-order valence-corrected chi connectivity index (χ2v) is 5.32. The Morgan fingerprint density at radius 1 is 1.24 bits per heavy atom. The van der Waals surface area contributed by atoms with Crippen molar-refractivity contribution in [1.82, 2.24) is 0 Å². The highest BCUT2D eigenvalue weighted by Crippen LogP contribution is 2.26. The highest BCUT2D eigenvalue weighted by Gasteiger charge is 2.20. The number of carbonyl (C=O) groups is 2. The van der Waals surface area contributed by atoms with Crippen LogP contribution in [0, 0.1) is 0 Å². The third-order valence-corrected chi connectivity index (χ3v) is 3.70. The fraction of sp³-hybridized carbons (Fsp3) is 0.333. The van der Waals surface area contributed by atoms with Crippen molar-refractivity contribution in [3.8, 4) is 0 Å². The number of allylic oxidation sites excluding steroid dienone is 3. The van der Waals surface area contributed by atoms with Crippen molar-refractivity contribution in [3.63, 3.8) is 0 Å². The van der Waals surface area contributed by atoms with Crippen LogP contribution >= 0.6 is 0 Å². The van der Waals surface area contributed by atoms with Crippen LogP contribution < -0.4 is 0 Å². The topological polar surface area (TPSA) is 54.4 Å². The quantitative estimate of drug-likeness (QED) is 0.627. The zero-order valence-corrected chi connectivity index (χ0v) is 12.3. The van der Waals surface area contributed by atoms with Crippen molar-refractivity contribution >= 4 is 17.8 Å². The zero-order chi connectivity index (χ0) is 15.2. The lowest BCUT2D eigenvalue weighted by Crippen LogP contribution is -2.00. The van der Waals surface area contributed by atoms with Gasteiger partial charge in [-0.15, -0.1) is 0 Å². The van der Waals surface area contributed by atoms with Gasteiger partial charge < -0.3 is 5.11 Å². The van der Waals surface area contributed by atoms with Crippen molar-refractivity contribution < 1.29 is 14.7 Å². The smallest absolute Gasteiger partial charge is 0.335 e. The summed E-state index contributed by atoms with van der Waals surface area (Å²) in [6.07, 6.45) is 8.80. The normalized spacial score (nSPS) is 16.3. The van der Waals surface area contributed by atoms with E-state index in [2.05, 4.69) is 6.92 Å². The second kappa shape index (κ2) is 7.02. The van der Waals surface area contributed by atoms with E-state index < -0.39 is 5.97 Å². The number of aromatic carboxylic acids is 1. The number of carboxylic acids is 1. The Balaban J connectivity index is 2.03. The fourth-order valence-electron chi connectivity index (χ4n) is 2.45. The molecule has 1 aliphatic rings. The maximum Gasteiger partial charge on any atom is 0.335 e. The summed E-state index contributed by atoms with van der Waals surface area (Å²) in [7, 11) is 0. The highest BCUT2D eigenvalue weighted by molar-refractivity contribution is 6.13. The number of hydrogen-bond acceptors (Lipinski definition) is 2. The predicted molar refractivity (Wildman–Crippen MR) is 83.2 cm³/mol. The molecule has 0 unspecified atom stereocenters. The Morgan fingerprint density at radius 3 is 2.57 bits per heavy atom. The predicted octanol–water partition coefficient (Wildman–Crippen LogP) is 4.25. The number of ketones is 1. The van der Waals surface area contributed by atoms with Crippen molar-refractivity contribution in [2.45, 2.75) is 39.0 Å². The molecule has 0 spiro atoms. The number of unbranched alkanes of at least 4 members (excludes halogenated alkanes) is 2. The lowest BCUT2D eigenvalue weighted by molar-refractivity contribution is -0.112. The van der Waals surface area contributed by atoms with E-state index >= 15 is 0 Å². The van der Waals surface area contributed by atoms with E-state index in [0.29, 0.717) is 6.42 Å². The summed E-state index contributed by atoms with van der Waals surface area (Å²) >= 11 is 0. The zero-order valence-electron chi connectivity index (χ0n) is 12.3. The van der Waals surface area contributed by atoms with Crippen LogP contribution in [0.5, 0.6) is 0 Å². The first-order valence-corrected chi connectivity index (χ1v) is 7.39. The Hall–Kier alpha value is -2.16. The van der Waals surface area contributed by atoms with Gasteiger partial charge in [0.1, 0.15) is 0 Å². The van der Waals surface area contributed by atoms with E-state index in [4.69, 9.17) is 5.11 Å². The monoisotopic (exact) mass is 284 g/mol. The van der Waals surface area contributed by atoms with Gasteiger partial charge in [-0.1, -0.05) is 38.0 Å². The van der Waals surface area contributed by atoms with Crippen molar-refractivity contribution in [2.24, 2.45) is 0 Å². The van der Waals surface area contributed by atoms with Crippen molar-refractivity contribution in [2.75, 3.05) is 0 Å². The molecule has 0 bridgehead atoms. The lowest BCUT2D eigenvalue weighted by Gasteiger charge is -2.02. The molecule has 0 saturated carbocycles. The Bertz CT molecular complexity index is 591. The van der Waals surface area contributed by atoms with Gasteiger partial charge in [0.2, 0.25) is 0 Å². The van der Waals surface area contributed by atoms with Crippen molar-refractivity contribution in [3.05, 3.63) is 52.6 Å². The SMILES string of the molecule is CCCCCC1=CC/C(=C\c2ccc(C(=O)O)cc2)C1=O. The van der Waals surface area contributed by atoms with Gasteiger partial charge in [0.05, 0.1) is 5.56 Å². The average Bonchev–Trinajstić information content (AvgIpc) is 2.81. The molecular formula is C18H20O3. The molecule has 0 atom stereocenters. The molecule has 0 radical (unpaired) electrons. The van der Waals surface area contributed by atoms with Crippen LogP contribution in [0.4, 0.5) is 0 Å². The largest absolute Gasteiger partial charge is 0.478 e. The number of rotatable bonds is 6. The molecule has 0 fully saturated rings. The summed E-state index contributed by atoms with van der Waals surface area (Å²) in [5.41, 5.74) is 2.85. The molecule has 21 heavy (non-hydrogen) atoms. The van der Waals surface area contributed by atoms with E-state index in [1.54, 1.807) is 24.3 Å². The number of carbonyl (C=O) groups excluding carboxylic acids is 1. The van der Waals surface area contributed by atoms with E-state index in [1.807, 2.05) is 12.2 Å². The van der Waals surface area contributed by atoms with Crippen LogP contribution in [-0.4, -0.2) is 16.9 Å². The van der Waals surface area contributed by atoms with Crippen LogP contribution in [-0.2, 0) is 4.79 Å². The molecule has 3 heteroatoms. The molecule has 0 aliphatic heterocycles. The third kappa shape index (κ3) is 3.91. The lowest BCUT2D eigenvalue weighted by atomic mass is 10.0. The molecule has 0 aromatic heterocycles. The number of carboxylic acid groups (broad SMARTS) is 1. The van der Waals surface area contributed by atoms with E-state index in [1.165, 1.54) is 0 Å². The van der Waals surface area contributed by atoms with Crippen LogP contribution in [0.25, 0.3) is 6.08 Å². The van der Waals surface area contributed by atoms with Crippen molar-refractivity contribution in [1.29, 1.82) is 0 Å². The van der Waals surface area contributed by atoms with E-state index in [0.717, 1.165) is 42.4 Å². The summed E-state index contributed by atoms with van der Waals surface area (Å²) in [5, 5.41) is 8.86. The molecule has 1 aromatic carbocycles. The molecule has 3 nitrogen and oxygen atoms in total. The Labute approximate surface area is 125 Å². The Morgan fingerprint density at radius 2 is 1.95 bits per heavy atom. The molecule has 0 amide bonds. The first kappa shape index (κ1) is 15.2. The van der Waals surface area contributed by atoms with Gasteiger partial charge in [-0.25, -0.2) is 4.79 Å². The Kier molecular flexibility index (Phi) is 5.09. The number of hydrogen-bond donors (Lipinski definition) is 1. The first-order chi connectivity index (χ1) is 10.1. The highest BCUT2D eigenvalue weighted by atomic mass is 16.4. The molecule has 2 rings (SSSR count). The van der Waals surface area contributed by atoms with Gasteiger partial charge in [0.15, 0.2) is 5.78 Å². The van der Waals surface area contributed by atoms with Crippen LogP contribution in [0.15, 0.2) is 41.5 Å². The number of Topliss-reactive ketones (excluding diaryl/α,β-unsaturated/α-hetero) is 1. The first-order valence-electron chi connectivity index (χ1n) is 7.39. The van der Waals surface area contributed by atoms with Gasteiger partial charge >= 0.3 is 5.97 Å². The second-order valence-electron chi connectivity index (χ2n) is 5.32. The molecule has 0 saturated heterocycles. The standard InChI is InChI=1S/C18H20O3/c1-2-3-4-5-14-10-11-16(17(14)19)12-13-6-8-15(9-7-13)18(20)21/h6-10,12H,2-5,11H2,1H3,(H,20,21)/b16-12+. The maximum atomic E-state index is 12.2. The van der Waals surface area contributed by atoms with Gasteiger partial charge in [0, 0.05) is 5.57 Å². The van der Waals surface area contributed by atoms with Gasteiger partial charge in [-0.05, 0) is 48.6 Å². The van der Waals surface area contributed by atoms with E-state index in [9.17, 15) is 9.59 Å². The minimum atomic E-state index is -0.939. The fourth-order valence-corrected chi connectivity index (χ4v) is 2.45. The van der Waals surface area contributed by atoms with E-state index in [-0.39, 0.29) is 11.3 Å². The summed E-state index contributed by atoms with van der Waals surface area (Å²) in [6.45, 7) is 2.15. The maximum absolute atomic E-state index is 12.2. The molecule has 1 aliphatic carbocycles. The third-order valence-electron chi connectivity index (χ3n) is 3.70. The average molecular weight is 284 g/mol. The summed E-state index contributed by atoms with van der Waals surface area (Å²) in [4.78, 5) is 23.0. The van der Waals surface area contributed by atoms with Gasteiger partial charge in [-0.3, -0.25) is 4.79 Å². The van der Waals surface area contributed by atoms with Gasteiger partial charge in [-0.2, -0.15) is 0 Å². The van der Waals surface area contributed by atoms with Crippen LogP contribution in [0.1, 0.15) is 54.9 Å². The summed E-state index contributed by atoms with van der Waals surface area (Å²) < 4.78 is 0. The molecular weight excluding hydrogens is 264 g/mol. The molecule has 110 valence electrons.